The Morgan fingerprint density at radius 3 is 2.96 bits per heavy atom. The minimum Gasteiger partial charge on any atom is -0.299 e. The summed E-state index contributed by atoms with van der Waals surface area (Å²) in [6.45, 7) is 0. The Morgan fingerprint density at radius 2 is 2.17 bits per heavy atom. The van der Waals surface area contributed by atoms with E-state index in [4.69, 9.17) is 11.6 Å². The lowest BCUT2D eigenvalue weighted by atomic mass is 9.81. The van der Waals surface area contributed by atoms with Gasteiger partial charge in [-0.15, -0.1) is 0 Å². The number of halogens is 2. The van der Waals surface area contributed by atoms with Gasteiger partial charge in [0.25, 0.3) is 0 Å². The number of Topliss-reactive ketones (excluding diaryl/α,β-unsaturated/α-hetero) is 2. The fraction of sp³-hybridized carbons (Fsp3) is 0.278. The van der Waals surface area contributed by atoms with Crippen molar-refractivity contribution in [1.29, 1.82) is 0 Å². The number of carbonyl (C=O) groups excluding carboxylic acids is 2. The van der Waals surface area contributed by atoms with E-state index in [0.717, 1.165) is 11.1 Å². The molecule has 1 aliphatic carbocycles. The lowest BCUT2D eigenvalue weighted by Gasteiger charge is -2.22. The van der Waals surface area contributed by atoms with Gasteiger partial charge < -0.3 is 0 Å². The molecular formula is C18H15ClFNO2. The molecule has 1 aliphatic rings. The number of nitrogens with zero attached hydrogens (tertiary/aromatic N) is 1. The van der Waals surface area contributed by atoms with Crippen LogP contribution in [0.25, 0.3) is 0 Å². The first-order chi connectivity index (χ1) is 11.1. The first-order valence-electron chi connectivity index (χ1n) is 7.51. The zero-order valence-electron chi connectivity index (χ0n) is 12.4. The molecule has 1 unspecified atom stereocenters. The molecule has 5 heteroatoms. The third-order valence-electron chi connectivity index (χ3n) is 4.18. The molecule has 0 aliphatic heterocycles. The van der Waals surface area contributed by atoms with E-state index in [1.54, 1.807) is 24.4 Å². The van der Waals surface area contributed by atoms with Crippen LogP contribution in [0.15, 0.2) is 36.5 Å². The summed E-state index contributed by atoms with van der Waals surface area (Å²) in [7, 11) is 0. The van der Waals surface area contributed by atoms with Crippen LogP contribution in [-0.2, 0) is 11.2 Å². The monoisotopic (exact) mass is 331 g/mol. The largest absolute Gasteiger partial charge is 0.299 e. The zero-order valence-corrected chi connectivity index (χ0v) is 13.1. The van der Waals surface area contributed by atoms with Gasteiger partial charge in [0, 0.05) is 30.0 Å². The minimum absolute atomic E-state index is 0.00812. The molecule has 0 bridgehead atoms. The first kappa shape index (κ1) is 15.8. The second kappa shape index (κ2) is 6.59. The van der Waals surface area contributed by atoms with Gasteiger partial charge in [0.1, 0.15) is 17.3 Å². The van der Waals surface area contributed by atoms with E-state index >= 15 is 0 Å². The highest BCUT2D eigenvalue weighted by atomic mass is 35.5. The summed E-state index contributed by atoms with van der Waals surface area (Å²) in [5.41, 5.74) is 1.88. The van der Waals surface area contributed by atoms with Crippen molar-refractivity contribution in [2.24, 2.45) is 0 Å². The van der Waals surface area contributed by atoms with E-state index in [9.17, 15) is 14.0 Å². The van der Waals surface area contributed by atoms with Gasteiger partial charge in [0.05, 0.1) is 0 Å². The molecule has 2 aromatic rings. The average Bonchev–Trinajstić information content (AvgIpc) is 2.54. The molecule has 1 atom stereocenters. The normalized spacial score (nSPS) is 17.0. The van der Waals surface area contributed by atoms with Crippen molar-refractivity contribution < 1.29 is 14.0 Å². The number of aromatic nitrogens is 1. The van der Waals surface area contributed by atoms with E-state index in [2.05, 4.69) is 4.98 Å². The Bertz CT molecular complexity index is 775. The molecule has 0 amide bonds. The van der Waals surface area contributed by atoms with E-state index in [1.807, 2.05) is 0 Å². The number of benzene rings is 1. The fourth-order valence-electron chi connectivity index (χ4n) is 2.97. The molecular weight excluding hydrogens is 317 g/mol. The lowest BCUT2D eigenvalue weighted by Crippen LogP contribution is -2.23. The smallest absolute Gasteiger partial charge is 0.181 e. The fourth-order valence-corrected chi connectivity index (χ4v) is 3.23. The van der Waals surface area contributed by atoms with Crippen molar-refractivity contribution in [2.75, 3.05) is 0 Å². The molecule has 3 nitrogen and oxygen atoms in total. The summed E-state index contributed by atoms with van der Waals surface area (Å²) in [5.74, 6) is -0.634. The lowest BCUT2D eigenvalue weighted by molar-refractivity contribution is -0.120. The second-order valence-electron chi connectivity index (χ2n) is 5.66. The first-order valence-corrected chi connectivity index (χ1v) is 7.89. The number of pyridine rings is 1. The molecule has 0 fully saturated rings. The molecule has 23 heavy (non-hydrogen) atoms. The van der Waals surface area contributed by atoms with Crippen LogP contribution in [0.1, 0.15) is 46.8 Å². The van der Waals surface area contributed by atoms with E-state index < -0.39 is 5.82 Å². The SMILES string of the molecule is O=C1CCC(C(=O)CCc2ccc(F)cc2Cl)c2cccnc21. The van der Waals surface area contributed by atoms with Gasteiger partial charge in [-0.2, -0.15) is 0 Å². The summed E-state index contributed by atoms with van der Waals surface area (Å²) in [6, 6.07) is 7.73. The van der Waals surface area contributed by atoms with Gasteiger partial charge in [-0.3, -0.25) is 14.6 Å². The Morgan fingerprint density at radius 1 is 1.35 bits per heavy atom. The van der Waals surface area contributed by atoms with Gasteiger partial charge in [-0.05, 0) is 42.2 Å². The van der Waals surface area contributed by atoms with E-state index in [1.165, 1.54) is 12.1 Å². The van der Waals surface area contributed by atoms with Crippen molar-refractivity contribution >= 4 is 23.2 Å². The van der Waals surface area contributed by atoms with Crippen LogP contribution in [0.5, 0.6) is 0 Å². The van der Waals surface area contributed by atoms with Gasteiger partial charge >= 0.3 is 0 Å². The third-order valence-corrected chi connectivity index (χ3v) is 4.53. The van der Waals surface area contributed by atoms with Crippen molar-refractivity contribution in [3.63, 3.8) is 0 Å². The van der Waals surface area contributed by atoms with Crippen molar-refractivity contribution in [1.82, 2.24) is 4.98 Å². The second-order valence-corrected chi connectivity index (χ2v) is 6.06. The Balaban J connectivity index is 1.74. The van der Waals surface area contributed by atoms with Gasteiger partial charge in [0.2, 0.25) is 0 Å². The van der Waals surface area contributed by atoms with Gasteiger partial charge in [-0.25, -0.2) is 4.39 Å². The predicted octanol–water partition coefficient (Wildman–Crippen LogP) is 4.14. The Labute approximate surface area is 138 Å². The highest BCUT2D eigenvalue weighted by Crippen LogP contribution is 2.32. The molecule has 1 heterocycles. The van der Waals surface area contributed by atoms with Crippen LogP contribution in [-0.4, -0.2) is 16.6 Å². The average molecular weight is 332 g/mol. The number of hydrogen-bond donors (Lipinski definition) is 0. The van der Waals surface area contributed by atoms with Gasteiger partial charge in [0.15, 0.2) is 5.78 Å². The maximum atomic E-state index is 13.0. The van der Waals surface area contributed by atoms with Crippen LogP contribution in [0.2, 0.25) is 5.02 Å². The summed E-state index contributed by atoms with van der Waals surface area (Å²) >= 11 is 5.99. The summed E-state index contributed by atoms with van der Waals surface area (Å²) in [6.07, 6.45) is 3.20. The highest BCUT2D eigenvalue weighted by molar-refractivity contribution is 6.31. The predicted molar refractivity (Wildman–Crippen MR) is 85.3 cm³/mol. The number of rotatable bonds is 4. The minimum atomic E-state index is -0.393. The van der Waals surface area contributed by atoms with Crippen LogP contribution in [0.4, 0.5) is 4.39 Å². The summed E-state index contributed by atoms with van der Waals surface area (Å²) < 4.78 is 13.0. The molecule has 0 N–H and O–H groups in total. The zero-order chi connectivity index (χ0) is 16.4. The topological polar surface area (TPSA) is 47.0 Å². The number of fused-ring (bicyclic) bond motifs is 1. The third kappa shape index (κ3) is 3.32. The maximum Gasteiger partial charge on any atom is 0.181 e. The standard InChI is InChI=1S/C18H15ClFNO2/c19-15-10-12(20)5-3-11(15)4-7-16(22)13-6-8-17(23)18-14(13)2-1-9-21-18/h1-3,5,9-10,13H,4,6-8H2. The maximum absolute atomic E-state index is 13.0. The van der Waals surface area contributed by atoms with Gasteiger partial charge in [-0.1, -0.05) is 23.7 Å². The van der Waals surface area contributed by atoms with Crippen molar-refractivity contribution in [3.8, 4) is 0 Å². The van der Waals surface area contributed by atoms with Crippen molar-refractivity contribution in [2.45, 2.75) is 31.6 Å². The molecule has 1 aromatic heterocycles. The summed E-state index contributed by atoms with van der Waals surface area (Å²) in [5, 5.41) is 0.332. The molecule has 0 saturated heterocycles. The molecule has 0 saturated carbocycles. The Hall–Kier alpha value is -2.07. The molecule has 0 radical (unpaired) electrons. The number of carbonyl (C=O) groups is 2. The van der Waals surface area contributed by atoms with Crippen LogP contribution >= 0.6 is 11.6 Å². The highest BCUT2D eigenvalue weighted by Gasteiger charge is 2.30. The number of aryl methyl sites for hydroxylation is 1. The number of hydrogen-bond acceptors (Lipinski definition) is 3. The quantitative estimate of drug-likeness (QED) is 0.846. The summed E-state index contributed by atoms with van der Waals surface area (Å²) in [4.78, 5) is 28.6. The number of ketones is 2. The molecule has 1 aromatic carbocycles. The van der Waals surface area contributed by atoms with Crippen LogP contribution in [0.3, 0.4) is 0 Å². The van der Waals surface area contributed by atoms with E-state index in [-0.39, 0.29) is 17.5 Å². The van der Waals surface area contributed by atoms with E-state index in [0.29, 0.717) is 36.4 Å². The molecule has 0 spiro atoms. The molecule has 3 rings (SSSR count). The Kier molecular flexibility index (Phi) is 4.53. The molecule has 118 valence electrons. The van der Waals surface area contributed by atoms with Crippen molar-refractivity contribution in [3.05, 3.63) is 64.2 Å². The van der Waals surface area contributed by atoms with Crippen LogP contribution in [0, 0.1) is 5.82 Å². The van der Waals surface area contributed by atoms with Crippen LogP contribution < -0.4 is 0 Å².